The van der Waals surface area contributed by atoms with Crippen molar-refractivity contribution < 1.29 is 13.5 Å². The lowest BCUT2D eigenvalue weighted by Crippen LogP contribution is -2.36. The molecule has 3 aromatic rings. The number of aromatic nitrogens is 3. The summed E-state index contributed by atoms with van der Waals surface area (Å²) in [6, 6.07) is 8.40. The van der Waals surface area contributed by atoms with Crippen molar-refractivity contribution in [3.63, 3.8) is 0 Å². The maximum atomic E-state index is 12.7. The number of hydrogen-bond donors (Lipinski definition) is 3. The highest BCUT2D eigenvalue weighted by Gasteiger charge is 2.24. The van der Waals surface area contributed by atoms with E-state index in [1.54, 1.807) is 24.4 Å². The van der Waals surface area contributed by atoms with Gasteiger partial charge in [-0.1, -0.05) is 19.1 Å². The highest BCUT2D eigenvalue weighted by Crippen LogP contribution is 2.21. The summed E-state index contributed by atoms with van der Waals surface area (Å²) in [5.41, 5.74) is 2.08. The summed E-state index contributed by atoms with van der Waals surface area (Å²) in [5.74, 6) is 0.208. The number of nitrogens with one attached hydrogen (secondary N) is 2. The first-order valence-electron chi connectivity index (χ1n) is 8.00. The summed E-state index contributed by atoms with van der Waals surface area (Å²) < 4.78 is 28.1. The zero-order chi connectivity index (χ0) is 18.0. The van der Waals surface area contributed by atoms with Gasteiger partial charge in [0, 0.05) is 12.2 Å². The number of nitrogens with zero attached hydrogens (tertiary/aromatic N) is 2. The van der Waals surface area contributed by atoms with Crippen LogP contribution in [-0.4, -0.2) is 34.7 Å². The number of aryl methyl sites for hydroxylation is 1. The molecule has 0 saturated heterocycles. The fourth-order valence-electron chi connectivity index (χ4n) is 2.65. The summed E-state index contributed by atoms with van der Waals surface area (Å²) in [6.45, 7) is 3.72. The minimum absolute atomic E-state index is 0.0548. The fraction of sp³-hybridized carbons (Fsp3) is 0.294. The van der Waals surface area contributed by atoms with Gasteiger partial charge in [-0.2, -0.15) is 5.10 Å². The van der Waals surface area contributed by atoms with Crippen molar-refractivity contribution >= 4 is 21.1 Å². The molecule has 0 spiro atoms. The molecule has 25 heavy (non-hydrogen) atoms. The normalized spacial score (nSPS) is 13.2. The van der Waals surface area contributed by atoms with Gasteiger partial charge in [0.05, 0.1) is 5.39 Å². The van der Waals surface area contributed by atoms with Gasteiger partial charge in [-0.25, -0.2) is 18.1 Å². The van der Waals surface area contributed by atoms with E-state index in [2.05, 4.69) is 19.9 Å². The van der Waals surface area contributed by atoms with Gasteiger partial charge < -0.3 is 5.11 Å². The summed E-state index contributed by atoms with van der Waals surface area (Å²) in [7, 11) is -3.79. The van der Waals surface area contributed by atoms with E-state index in [1.165, 1.54) is 0 Å². The molecule has 1 aromatic carbocycles. The van der Waals surface area contributed by atoms with E-state index in [1.807, 2.05) is 26.0 Å². The van der Waals surface area contributed by atoms with Gasteiger partial charge in [0.25, 0.3) is 10.0 Å². The summed E-state index contributed by atoms with van der Waals surface area (Å²) >= 11 is 0. The Bertz CT molecular complexity index is 998. The minimum Gasteiger partial charge on any atom is -0.508 e. The molecular weight excluding hydrogens is 340 g/mol. The molecule has 2 heterocycles. The van der Waals surface area contributed by atoms with Crippen LogP contribution >= 0.6 is 0 Å². The number of fused-ring (bicyclic) bond motifs is 1. The van der Waals surface area contributed by atoms with Crippen LogP contribution in [0.15, 0.2) is 41.6 Å². The molecular formula is C17H20N4O3S. The number of phenols is 1. The lowest BCUT2D eigenvalue weighted by molar-refractivity contribution is 0.469. The lowest BCUT2D eigenvalue weighted by Gasteiger charge is -2.17. The van der Waals surface area contributed by atoms with Crippen LogP contribution in [0, 0.1) is 6.92 Å². The van der Waals surface area contributed by atoms with Crippen LogP contribution in [0.2, 0.25) is 0 Å². The Morgan fingerprint density at radius 1 is 1.32 bits per heavy atom. The predicted molar refractivity (Wildman–Crippen MR) is 94.8 cm³/mol. The van der Waals surface area contributed by atoms with E-state index in [0.717, 1.165) is 11.1 Å². The molecule has 0 bridgehead atoms. The Kier molecular flexibility index (Phi) is 4.73. The number of pyridine rings is 1. The number of rotatable bonds is 6. The van der Waals surface area contributed by atoms with Gasteiger partial charge in [0.2, 0.25) is 5.03 Å². The largest absolute Gasteiger partial charge is 0.508 e. The molecule has 3 N–H and O–H groups in total. The molecule has 132 valence electrons. The summed E-state index contributed by atoms with van der Waals surface area (Å²) in [4.78, 5) is 4.06. The smallest absolute Gasteiger partial charge is 0.260 e. The van der Waals surface area contributed by atoms with Gasteiger partial charge in [0.15, 0.2) is 5.65 Å². The quantitative estimate of drug-likeness (QED) is 0.625. The first-order chi connectivity index (χ1) is 11.9. The standard InChI is InChI=1S/C17H20N4O3S/c1-3-13(9-12-7-6-11(2)15(22)10-12)21-25(23,24)17-14-5-4-8-18-16(14)19-20-17/h4-8,10,13,21-22H,3,9H2,1-2H3,(H,18,19,20). The molecule has 0 aliphatic rings. The maximum absolute atomic E-state index is 12.7. The maximum Gasteiger partial charge on any atom is 0.260 e. The lowest BCUT2D eigenvalue weighted by atomic mass is 10.0. The second kappa shape index (κ2) is 6.81. The summed E-state index contributed by atoms with van der Waals surface area (Å²) in [5, 5.41) is 16.8. The fourth-order valence-corrected chi connectivity index (χ4v) is 4.07. The molecule has 1 unspecified atom stereocenters. The van der Waals surface area contributed by atoms with E-state index < -0.39 is 10.0 Å². The van der Waals surface area contributed by atoms with Crippen molar-refractivity contribution in [3.8, 4) is 5.75 Å². The Morgan fingerprint density at radius 3 is 2.84 bits per heavy atom. The van der Waals surface area contributed by atoms with Crippen molar-refractivity contribution in [3.05, 3.63) is 47.7 Å². The van der Waals surface area contributed by atoms with Crippen molar-refractivity contribution in [2.45, 2.75) is 37.8 Å². The highest BCUT2D eigenvalue weighted by molar-refractivity contribution is 7.89. The number of benzene rings is 1. The Labute approximate surface area is 146 Å². The average molecular weight is 360 g/mol. The molecule has 3 rings (SSSR count). The Morgan fingerprint density at radius 2 is 2.12 bits per heavy atom. The molecule has 8 heteroatoms. The second-order valence-corrected chi connectivity index (χ2v) is 7.61. The van der Waals surface area contributed by atoms with Crippen molar-refractivity contribution in [2.24, 2.45) is 0 Å². The van der Waals surface area contributed by atoms with Gasteiger partial charge >= 0.3 is 0 Å². The van der Waals surface area contributed by atoms with Crippen LogP contribution in [0.3, 0.4) is 0 Å². The molecule has 2 aromatic heterocycles. The van der Waals surface area contributed by atoms with Crippen LogP contribution in [0.25, 0.3) is 11.0 Å². The first kappa shape index (κ1) is 17.4. The van der Waals surface area contributed by atoms with E-state index >= 15 is 0 Å². The van der Waals surface area contributed by atoms with Crippen molar-refractivity contribution in [1.29, 1.82) is 0 Å². The van der Waals surface area contributed by atoms with Crippen LogP contribution < -0.4 is 4.72 Å². The zero-order valence-electron chi connectivity index (χ0n) is 14.0. The Balaban J connectivity index is 1.83. The molecule has 0 radical (unpaired) electrons. The average Bonchev–Trinajstić information content (AvgIpc) is 3.02. The molecule has 0 aliphatic carbocycles. The molecule has 0 amide bonds. The van der Waals surface area contributed by atoms with Crippen LogP contribution in [0.4, 0.5) is 0 Å². The monoisotopic (exact) mass is 360 g/mol. The third-order valence-electron chi connectivity index (χ3n) is 4.13. The van der Waals surface area contributed by atoms with E-state index in [4.69, 9.17) is 0 Å². The SMILES string of the molecule is CCC(Cc1ccc(C)c(O)c1)NS(=O)(=O)c1n[nH]c2ncccc12. The molecule has 7 nitrogen and oxygen atoms in total. The van der Waals surface area contributed by atoms with Gasteiger partial charge in [-0.3, -0.25) is 5.10 Å². The van der Waals surface area contributed by atoms with Crippen molar-refractivity contribution in [2.75, 3.05) is 0 Å². The second-order valence-electron chi connectivity index (χ2n) is 5.98. The summed E-state index contributed by atoms with van der Waals surface area (Å²) in [6.07, 6.45) is 2.65. The molecule has 0 fully saturated rings. The van der Waals surface area contributed by atoms with Gasteiger partial charge in [-0.15, -0.1) is 0 Å². The van der Waals surface area contributed by atoms with Crippen molar-refractivity contribution in [1.82, 2.24) is 19.9 Å². The minimum atomic E-state index is -3.79. The topological polar surface area (TPSA) is 108 Å². The van der Waals surface area contributed by atoms with Crippen LogP contribution in [0.1, 0.15) is 24.5 Å². The van der Waals surface area contributed by atoms with E-state index in [-0.39, 0.29) is 16.8 Å². The molecule has 0 saturated carbocycles. The zero-order valence-corrected chi connectivity index (χ0v) is 14.8. The first-order valence-corrected chi connectivity index (χ1v) is 9.49. The number of hydrogen-bond acceptors (Lipinski definition) is 5. The van der Waals surface area contributed by atoms with E-state index in [9.17, 15) is 13.5 Å². The number of sulfonamides is 1. The van der Waals surface area contributed by atoms with Crippen LogP contribution in [-0.2, 0) is 16.4 Å². The third kappa shape index (κ3) is 3.64. The Hall–Kier alpha value is -2.45. The van der Waals surface area contributed by atoms with Crippen LogP contribution in [0.5, 0.6) is 5.75 Å². The number of aromatic hydroxyl groups is 1. The third-order valence-corrected chi connectivity index (χ3v) is 5.59. The highest BCUT2D eigenvalue weighted by atomic mass is 32.2. The van der Waals surface area contributed by atoms with Gasteiger partial charge in [-0.05, 0) is 49.1 Å². The van der Waals surface area contributed by atoms with E-state index in [0.29, 0.717) is 23.9 Å². The number of phenolic OH excluding ortho intramolecular Hbond substituents is 1. The molecule has 1 atom stereocenters. The van der Waals surface area contributed by atoms with Gasteiger partial charge in [0.1, 0.15) is 5.75 Å². The number of aromatic amines is 1. The molecule has 0 aliphatic heterocycles. The predicted octanol–water partition coefficient (Wildman–Crippen LogP) is 2.27. The number of H-pyrrole nitrogens is 1.